The Kier molecular flexibility index (Phi) is 16.3. The molecule has 65 heavy (non-hydrogen) atoms. The number of guanidine groups is 7. The van der Waals surface area contributed by atoms with Crippen LogP contribution >= 0.6 is 46.4 Å². The van der Waals surface area contributed by atoms with E-state index in [1.54, 1.807) is 97.1 Å². The number of carbonyl (C=O) groups excluding carboxylic acids is 2. The first-order valence-electron chi connectivity index (χ1n) is 18.2. The van der Waals surface area contributed by atoms with Crippen LogP contribution in [-0.2, 0) is 0 Å². The number of halogens is 4. The van der Waals surface area contributed by atoms with Gasteiger partial charge in [0, 0.05) is 42.8 Å². The Labute approximate surface area is 388 Å². The fourth-order valence-corrected chi connectivity index (χ4v) is 5.68. The van der Waals surface area contributed by atoms with Crippen LogP contribution in [-0.4, -0.2) is 64.1 Å². The minimum absolute atomic E-state index is 0.288. The zero-order valence-corrected chi connectivity index (χ0v) is 36.1. The third-order valence-corrected chi connectivity index (χ3v) is 8.91. The van der Waals surface area contributed by atoms with Crippen LogP contribution in [0.15, 0.2) is 114 Å². The molecule has 4 aromatic carbocycles. The largest absolute Gasteiger partial charge is 0.326 e. The Balaban J connectivity index is 1.50. The second-order valence-corrected chi connectivity index (χ2v) is 14.6. The molecule has 5 aromatic rings. The second kappa shape index (κ2) is 22.2. The van der Waals surface area contributed by atoms with E-state index in [9.17, 15) is 9.59 Å². The summed E-state index contributed by atoms with van der Waals surface area (Å²) < 4.78 is 0.720. The second-order valence-electron chi connectivity index (χ2n) is 12.8. The third-order valence-electron chi connectivity index (χ3n) is 7.90. The van der Waals surface area contributed by atoms with E-state index in [-0.39, 0.29) is 5.36 Å². The fraction of sp³-hybridized carbons (Fsp3) is 0. The number of benzene rings is 4. The number of nitrogens with zero attached hydrogens (tertiary/aromatic N) is 2. The van der Waals surface area contributed by atoms with Gasteiger partial charge in [-0.1, -0.05) is 46.4 Å². The van der Waals surface area contributed by atoms with Crippen LogP contribution < -0.4 is 58.5 Å². The molecule has 0 aliphatic rings. The van der Waals surface area contributed by atoms with Crippen molar-refractivity contribution in [3.05, 3.63) is 146 Å². The van der Waals surface area contributed by atoms with Crippen LogP contribution in [0.3, 0.4) is 0 Å². The lowest BCUT2D eigenvalue weighted by atomic mass is 10.2. The molecule has 0 spiro atoms. The van der Waals surface area contributed by atoms with Crippen LogP contribution in [0, 0.1) is 43.3 Å². The van der Waals surface area contributed by atoms with Crippen molar-refractivity contribution in [2.45, 2.75) is 0 Å². The summed E-state index contributed by atoms with van der Waals surface area (Å²) >= 11 is 23.8. The van der Waals surface area contributed by atoms with Gasteiger partial charge in [0.15, 0.2) is 23.8 Å². The van der Waals surface area contributed by atoms with Crippen molar-refractivity contribution >= 4 is 129 Å². The number of pyridine rings is 1. The average molecular weight is 959 g/mol. The molecule has 0 fully saturated rings. The molecule has 0 radical (unpaired) electrons. The first-order valence-corrected chi connectivity index (χ1v) is 19.7. The number of rotatable bonds is 6. The molecule has 0 atom stereocenters. The van der Waals surface area contributed by atoms with Gasteiger partial charge in [0.25, 0.3) is 11.8 Å². The van der Waals surface area contributed by atoms with Gasteiger partial charge < -0.3 is 21.3 Å². The highest BCUT2D eigenvalue weighted by Gasteiger charge is 2.24. The Morgan fingerprint density at radius 2 is 0.692 bits per heavy atom. The van der Waals surface area contributed by atoms with Crippen molar-refractivity contribution in [1.82, 2.24) is 36.5 Å². The summed E-state index contributed by atoms with van der Waals surface area (Å²) in [4.78, 5) is 32.4. The van der Waals surface area contributed by atoms with E-state index in [0.29, 0.717) is 42.8 Å². The zero-order chi connectivity index (χ0) is 47.2. The van der Waals surface area contributed by atoms with E-state index in [4.69, 9.17) is 89.7 Å². The Morgan fingerprint density at radius 1 is 0.400 bits per heavy atom. The summed E-state index contributed by atoms with van der Waals surface area (Å²) in [6.07, 6.45) is 0. The molecule has 0 aliphatic carbocycles. The highest BCUT2D eigenvalue weighted by atomic mass is 35.5. The number of carbonyl (C=O) groups is 2. The van der Waals surface area contributed by atoms with E-state index in [1.165, 1.54) is 0 Å². The highest BCUT2D eigenvalue weighted by molar-refractivity contribution is 6.31. The summed E-state index contributed by atoms with van der Waals surface area (Å²) in [5, 5.41) is 94.0. The molecular weight excluding hydrogens is 922 g/mol. The molecule has 5 rings (SSSR count). The minimum atomic E-state index is -1.17. The van der Waals surface area contributed by atoms with Crippen LogP contribution in [0.4, 0.5) is 22.7 Å². The number of aromatic nitrogens is 1. The molecule has 1 aromatic heterocycles. The molecule has 22 nitrogen and oxygen atoms in total. The lowest BCUT2D eigenvalue weighted by Gasteiger charge is -2.21. The SMILES string of the molecule is N=C(N=c1cc(C(=O)NC(=N)NC(=N)Nc2ccc(Cl)cc2)n(C(=N)NC(=N)Nc2ccc(Cl)cc2)c(C(=O)NC(=N)NC(=N)Nc2ccc(Cl)cc2)c1)NC(=N)Nc1ccc(Cl)cc1. The monoisotopic (exact) mass is 956 g/mol. The predicted octanol–water partition coefficient (Wildman–Crippen LogP) is 5.60. The number of hydrogen-bond acceptors (Lipinski definition) is 10. The van der Waals surface area contributed by atoms with Gasteiger partial charge in [0.1, 0.15) is 11.4 Å². The van der Waals surface area contributed by atoms with Crippen molar-refractivity contribution in [3.63, 3.8) is 0 Å². The lowest BCUT2D eigenvalue weighted by Crippen LogP contribution is -2.49. The van der Waals surface area contributed by atoms with Crippen LogP contribution in [0.25, 0.3) is 0 Å². The normalized spacial score (nSPS) is 10.2. The van der Waals surface area contributed by atoms with Gasteiger partial charge in [-0.25, -0.2) is 4.99 Å². The maximum atomic E-state index is 14.1. The number of nitrogens with one attached hydrogen (secondary N) is 18. The van der Waals surface area contributed by atoms with Crippen molar-refractivity contribution in [1.29, 1.82) is 43.3 Å². The molecule has 0 bridgehead atoms. The molecule has 1 heterocycles. The summed E-state index contributed by atoms with van der Waals surface area (Å²) in [6, 6.07) is 27.1. The van der Waals surface area contributed by atoms with Gasteiger partial charge in [-0.05, 0) is 109 Å². The summed E-state index contributed by atoms with van der Waals surface area (Å²) in [5.74, 6) is -7.09. The standard InChI is InChI=1S/C39H36Cl4N20O2/c40-19-1-9-23(10-2-19)52-32(44)59-35(47)56-27-17-28(30(64)57-37(49)60-33(45)53-24-11-3-20(41)4-12-24)63(39(51)62-36(48)55-26-15-7-22(43)8-16-26)29(18-27)31(65)58-38(50)61-34(46)54-25-13-5-21(42)6-14-25/h1-18H,(H4,44,47,52,59)(H4,48,51,55,62)(H5,45,49,53,57,60,64)(H5,46,50,54,58,61,65). The predicted molar refractivity (Wildman–Crippen MR) is 255 cm³/mol. The van der Waals surface area contributed by atoms with Crippen molar-refractivity contribution in [3.8, 4) is 0 Å². The maximum Gasteiger partial charge on any atom is 0.275 e. The topological polar surface area (TPSA) is 363 Å². The first kappa shape index (κ1) is 47.7. The van der Waals surface area contributed by atoms with Crippen LogP contribution in [0.5, 0.6) is 0 Å². The molecule has 0 aliphatic heterocycles. The lowest BCUT2D eigenvalue weighted by molar-refractivity contribution is 0.0963. The molecule has 2 amide bonds. The smallest absolute Gasteiger partial charge is 0.275 e. The number of anilines is 4. The molecule has 0 saturated carbocycles. The number of hydrogen-bond donors (Lipinski definition) is 18. The third kappa shape index (κ3) is 14.9. The first-order chi connectivity index (χ1) is 30.9. The highest BCUT2D eigenvalue weighted by Crippen LogP contribution is 2.16. The van der Waals surface area contributed by atoms with Crippen molar-refractivity contribution < 1.29 is 9.59 Å². The Morgan fingerprint density at radius 3 is 1.02 bits per heavy atom. The van der Waals surface area contributed by atoms with Crippen molar-refractivity contribution in [2.24, 2.45) is 4.99 Å². The van der Waals surface area contributed by atoms with E-state index in [0.717, 1.165) is 16.7 Å². The summed E-state index contributed by atoms with van der Waals surface area (Å²) in [7, 11) is 0. The zero-order valence-electron chi connectivity index (χ0n) is 33.1. The van der Waals surface area contributed by atoms with Crippen LogP contribution in [0.2, 0.25) is 20.1 Å². The quantitative estimate of drug-likeness (QED) is 0.0738. The Bertz CT molecular complexity index is 2660. The van der Waals surface area contributed by atoms with Gasteiger partial charge in [-0.15, -0.1) is 0 Å². The Hall–Kier alpha value is -8.31. The van der Waals surface area contributed by atoms with Gasteiger partial charge in [-0.2, -0.15) is 0 Å². The van der Waals surface area contributed by atoms with E-state index in [1.807, 2.05) is 0 Å². The van der Waals surface area contributed by atoms with Gasteiger partial charge in [0.05, 0.1) is 5.36 Å². The van der Waals surface area contributed by atoms with Gasteiger partial charge in [0.2, 0.25) is 23.8 Å². The number of amides is 2. The maximum absolute atomic E-state index is 14.1. The molecular formula is C39H36Cl4N20O2. The van der Waals surface area contributed by atoms with E-state index < -0.39 is 70.9 Å². The minimum Gasteiger partial charge on any atom is -0.326 e. The summed E-state index contributed by atoms with van der Waals surface area (Å²) in [5.41, 5.74) is 0.463. The van der Waals surface area contributed by atoms with E-state index in [2.05, 4.69) is 58.2 Å². The van der Waals surface area contributed by atoms with Crippen LogP contribution in [0.1, 0.15) is 21.0 Å². The molecule has 0 unspecified atom stereocenters. The van der Waals surface area contributed by atoms with Gasteiger partial charge in [-0.3, -0.25) is 89.3 Å². The fourth-order valence-electron chi connectivity index (χ4n) is 5.17. The molecule has 26 heteroatoms. The molecule has 18 N–H and O–H groups in total. The van der Waals surface area contributed by atoms with E-state index >= 15 is 0 Å². The van der Waals surface area contributed by atoms with Gasteiger partial charge >= 0.3 is 0 Å². The average Bonchev–Trinajstić information content (AvgIpc) is 3.23. The molecule has 0 saturated heterocycles. The van der Waals surface area contributed by atoms with Crippen molar-refractivity contribution in [2.75, 3.05) is 21.3 Å². The molecule has 332 valence electrons. The summed E-state index contributed by atoms with van der Waals surface area (Å²) in [6.45, 7) is 0.